The van der Waals surface area contributed by atoms with Crippen LogP contribution in [0.25, 0.3) is 11.1 Å². The number of amides is 1. The van der Waals surface area contributed by atoms with Crippen molar-refractivity contribution < 1.29 is 14.3 Å². The number of fused-ring (bicyclic) bond motifs is 1. The van der Waals surface area contributed by atoms with Crippen molar-refractivity contribution in [3.63, 3.8) is 0 Å². The van der Waals surface area contributed by atoms with Crippen molar-refractivity contribution in [3.05, 3.63) is 70.9 Å². The minimum absolute atomic E-state index is 0.0769. The molecule has 0 saturated heterocycles. The number of hydrogen-bond acceptors (Lipinski definition) is 6. The highest BCUT2D eigenvalue weighted by Crippen LogP contribution is 2.35. The smallest absolute Gasteiger partial charge is 0.260 e. The van der Waals surface area contributed by atoms with Crippen LogP contribution >= 0.6 is 0 Å². The quantitative estimate of drug-likeness (QED) is 0.571. The molecule has 0 bridgehead atoms. The Labute approximate surface area is 185 Å². The summed E-state index contributed by atoms with van der Waals surface area (Å²) >= 11 is 0. The zero-order valence-corrected chi connectivity index (χ0v) is 17.5. The first-order chi connectivity index (χ1) is 15.7. The molecule has 1 aromatic carbocycles. The summed E-state index contributed by atoms with van der Waals surface area (Å²) < 4.78 is 10.8. The lowest BCUT2D eigenvalue weighted by Gasteiger charge is -2.33. The number of hydrogen-bond donors (Lipinski definition) is 3. The third-order valence-electron chi connectivity index (χ3n) is 5.95. The maximum absolute atomic E-state index is 13.1. The fourth-order valence-corrected chi connectivity index (χ4v) is 4.28. The Morgan fingerprint density at radius 1 is 1.03 bits per heavy atom. The van der Waals surface area contributed by atoms with E-state index in [9.17, 15) is 9.59 Å². The van der Waals surface area contributed by atoms with Crippen molar-refractivity contribution >= 4 is 11.6 Å². The Morgan fingerprint density at radius 2 is 1.88 bits per heavy atom. The van der Waals surface area contributed by atoms with E-state index in [1.807, 2.05) is 30.3 Å². The van der Waals surface area contributed by atoms with Gasteiger partial charge in [-0.3, -0.25) is 14.6 Å². The Bertz CT molecular complexity index is 1180. The van der Waals surface area contributed by atoms with Gasteiger partial charge in [-0.2, -0.15) is 0 Å². The Kier molecular flexibility index (Phi) is 5.49. The zero-order valence-electron chi connectivity index (χ0n) is 17.5. The van der Waals surface area contributed by atoms with E-state index in [-0.39, 0.29) is 30.3 Å². The standard InChI is InChI=1S/C24H24N4O4/c29-23-18(10-16(12-26-23)15-7-8-21-22(11-15)32-14-31-21)24(30)28-20-6-2-1-5-19(20)27-17-4-3-9-25-13-17/h3-4,7-13,19-20,27H,1-2,5-6,14H2,(H,26,29)(H,28,30)/t19-,20-/m1/s1. The molecule has 1 fully saturated rings. The number of rotatable bonds is 5. The SMILES string of the molecule is O=C(N[C@@H]1CCCC[C@H]1Nc1cccnc1)c1cc(-c2ccc3c(c2)OCO3)c[nH]c1=O. The van der Waals surface area contributed by atoms with Crippen LogP contribution in [0.1, 0.15) is 36.0 Å². The van der Waals surface area contributed by atoms with Gasteiger partial charge in [0.15, 0.2) is 11.5 Å². The Balaban J connectivity index is 1.35. The largest absolute Gasteiger partial charge is 0.454 e. The van der Waals surface area contributed by atoms with E-state index >= 15 is 0 Å². The topological polar surface area (TPSA) is 105 Å². The van der Waals surface area contributed by atoms with Gasteiger partial charge in [0.2, 0.25) is 6.79 Å². The highest BCUT2D eigenvalue weighted by molar-refractivity contribution is 5.95. The summed E-state index contributed by atoms with van der Waals surface area (Å²) in [5.41, 5.74) is 2.14. The van der Waals surface area contributed by atoms with E-state index in [4.69, 9.17) is 9.47 Å². The lowest BCUT2D eigenvalue weighted by molar-refractivity contribution is 0.0922. The van der Waals surface area contributed by atoms with Gasteiger partial charge in [0.1, 0.15) is 5.56 Å². The van der Waals surface area contributed by atoms with Gasteiger partial charge in [0.05, 0.1) is 5.69 Å². The number of nitrogens with zero attached hydrogens (tertiary/aromatic N) is 1. The van der Waals surface area contributed by atoms with Crippen LogP contribution in [0.5, 0.6) is 11.5 Å². The van der Waals surface area contributed by atoms with Gasteiger partial charge in [-0.25, -0.2) is 0 Å². The van der Waals surface area contributed by atoms with Crippen LogP contribution < -0.4 is 25.7 Å². The maximum atomic E-state index is 13.1. The van der Waals surface area contributed by atoms with Crippen molar-refractivity contribution in [1.29, 1.82) is 0 Å². The van der Waals surface area contributed by atoms with Gasteiger partial charge in [0, 0.05) is 30.7 Å². The number of ether oxygens (including phenoxy) is 2. The monoisotopic (exact) mass is 432 g/mol. The van der Waals surface area contributed by atoms with Crippen LogP contribution in [0.3, 0.4) is 0 Å². The summed E-state index contributed by atoms with van der Waals surface area (Å²) in [5, 5.41) is 6.55. The van der Waals surface area contributed by atoms with Crippen LogP contribution in [-0.4, -0.2) is 34.8 Å². The van der Waals surface area contributed by atoms with Gasteiger partial charge in [-0.1, -0.05) is 18.9 Å². The highest BCUT2D eigenvalue weighted by atomic mass is 16.7. The number of aromatic amines is 1. The second-order valence-electron chi connectivity index (χ2n) is 8.06. The summed E-state index contributed by atoms with van der Waals surface area (Å²) in [5.74, 6) is 0.950. The van der Waals surface area contributed by atoms with E-state index < -0.39 is 5.56 Å². The molecule has 0 unspecified atom stereocenters. The van der Waals surface area contributed by atoms with E-state index in [1.165, 1.54) is 0 Å². The van der Waals surface area contributed by atoms with Crippen molar-refractivity contribution in [2.75, 3.05) is 12.1 Å². The fraction of sp³-hybridized carbons (Fsp3) is 0.292. The minimum Gasteiger partial charge on any atom is -0.454 e. The number of aromatic nitrogens is 2. The first kappa shape index (κ1) is 20.1. The number of H-pyrrole nitrogens is 1. The van der Waals surface area contributed by atoms with Crippen LogP contribution in [0.4, 0.5) is 5.69 Å². The number of nitrogens with one attached hydrogen (secondary N) is 3. The fourth-order valence-electron chi connectivity index (χ4n) is 4.28. The lowest BCUT2D eigenvalue weighted by atomic mass is 9.90. The number of carbonyl (C=O) groups is 1. The number of carbonyl (C=O) groups excluding carboxylic acids is 1. The van der Waals surface area contributed by atoms with Crippen LogP contribution in [0.2, 0.25) is 0 Å². The van der Waals surface area contributed by atoms with E-state index in [0.29, 0.717) is 11.5 Å². The first-order valence-corrected chi connectivity index (χ1v) is 10.8. The van der Waals surface area contributed by atoms with Crippen molar-refractivity contribution in [2.24, 2.45) is 0 Å². The van der Waals surface area contributed by atoms with E-state index in [1.54, 1.807) is 24.7 Å². The molecule has 0 spiro atoms. The van der Waals surface area contributed by atoms with Crippen LogP contribution in [-0.2, 0) is 0 Å². The zero-order chi connectivity index (χ0) is 21.9. The number of anilines is 1. The average Bonchev–Trinajstić information content (AvgIpc) is 3.29. The van der Waals surface area contributed by atoms with Gasteiger partial charge >= 0.3 is 0 Å². The molecular weight excluding hydrogens is 408 g/mol. The van der Waals surface area contributed by atoms with Crippen molar-refractivity contribution in [1.82, 2.24) is 15.3 Å². The molecule has 32 heavy (non-hydrogen) atoms. The predicted molar refractivity (Wildman–Crippen MR) is 120 cm³/mol. The number of pyridine rings is 2. The molecule has 2 aromatic heterocycles. The molecule has 2 aliphatic rings. The normalized spacial score (nSPS) is 19.4. The third kappa shape index (κ3) is 4.16. The molecule has 0 radical (unpaired) electrons. The molecule has 5 rings (SSSR count). The first-order valence-electron chi connectivity index (χ1n) is 10.8. The summed E-state index contributed by atoms with van der Waals surface area (Å²) in [6.07, 6.45) is 9.01. The minimum atomic E-state index is -0.417. The lowest BCUT2D eigenvalue weighted by Crippen LogP contribution is -2.49. The molecule has 164 valence electrons. The summed E-state index contributed by atoms with van der Waals surface area (Å²) in [6.45, 7) is 0.188. The van der Waals surface area contributed by atoms with Crippen LogP contribution in [0.15, 0.2) is 59.8 Å². The molecule has 2 atom stereocenters. The molecule has 3 aromatic rings. The second-order valence-corrected chi connectivity index (χ2v) is 8.06. The molecule has 1 amide bonds. The molecule has 1 aliphatic heterocycles. The molecular formula is C24H24N4O4. The molecule has 1 saturated carbocycles. The Hall–Kier alpha value is -3.81. The Morgan fingerprint density at radius 3 is 2.72 bits per heavy atom. The molecule has 3 N–H and O–H groups in total. The van der Waals surface area contributed by atoms with Gasteiger partial charge in [0.25, 0.3) is 11.5 Å². The predicted octanol–water partition coefficient (Wildman–Crippen LogP) is 3.32. The summed E-state index contributed by atoms with van der Waals surface area (Å²) in [6, 6.07) is 11.0. The molecule has 3 heterocycles. The maximum Gasteiger partial charge on any atom is 0.260 e. The van der Waals surface area contributed by atoms with Gasteiger partial charge in [-0.05, 0) is 54.3 Å². The van der Waals surface area contributed by atoms with Crippen molar-refractivity contribution in [2.45, 2.75) is 37.8 Å². The third-order valence-corrected chi connectivity index (χ3v) is 5.95. The molecule has 8 nitrogen and oxygen atoms in total. The van der Waals surface area contributed by atoms with E-state index in [2.05, 4.69) is 20.6 Å². The van der Waals surface area contributed by atoms with E-state index in [0.717, 1.165) is 42.5 Å². The average molecular weight is 432 g/mol. The summed E-state index contributed by atoms with van der Waals surface area (Å²) in [7, 11) is 0. The number of benzene rings is 1. The summed E-state index contributed by atoms with van der Waals surface area (Å²) in [4.78, 5) is 32.4. The van der Waals surface area contributed by atoms with Crippen LogP contribution in [0, 0.1) is 0 Å². The van der Waals surface area contributed by atoms with Crippen molar-refractivity contribution in [3.8, 4) is 22.6 Å². The van der Waals surface area contributed by atoms with Gasteiger partial charge < -0.3 is 25.1 Å². The van der Waals surface area contributed by atoms with Gasteiger partial charge in [-0.15, -0.1) is 0 Å². The second kappa shape index (κ2) is 8.74. The molecule has 8 heteroatoms. The molecule has 1 aliphatic carbocycles. The highest BCUT2D eigenvalue weighted by Gasteiger charge is 2.27.